The fourth-order valence-corrected chi connectivity index (χ4v) is 4.32. The second-order valence-corrected chi connectivity index (χ2v) is 8.08. The molecule has 3 rings (SSSR count). The largest absolute Gasteiger partial charge is 0.352 e. The number of hydrogen-bond donors (Lipinski definition) is 1. The first-order valence-electron chi connectivity index (χ1n) is 10.4. The summed E-state index contributed by atoms with van der Waals surface area (Å²) in [4.78, 5) is 17.6. The summed E-state index contributed by atoms with van der Waals surface area (Å²) in [6, 6.07) is 0.484. The molecule has 146 valence electrons. The van der Waals surface area contributed by atoms with Gasteiger partial charge in [-0.15, -0.1) is 0 Å². The molecule has 1 aliphatic heterocycles. The molecule has 1 aliphatic carbocycles. The third-order valence-corrected chi connectivity index (χ3v) is 6.05. The van der Waals surface area contributed by atoms with Crippen LogP contribution in [0.3, 0.4) is 0 Å². The molecule has 1 saturated carbocycles. The maximum Gasteiger partial charge on any atom is 0.254 e. The second-order valence-electron chi connectivity index (χ2n) is 8.08. The molecule has 1 atom stereocenters. The lowest BCUT2D eigenvalue weighted by atomic mass is 10.1. The molecule has 6 heteroatoms. The zero-order valence-corrected chi connectivity index (χ0v) is 16.7. The van der Waals surface area contributed by atoms with E-state index in [-0.39, 0.29) is 5.91 Å². The van der Waals surface area contributed by atoms with Gasteiger partial charge in [0.25, 0.3) is 5.91 Å². The van der Waals surface area contributed by atoms with Crippen LogP contribution in [0, 0.1) is 12.8 Å². The number of carbonyl (C=O) groups excluding carboxylic acids is 1. The van der Waals surface area contributed by atoms with Gasteiger partial charge >= 0.3 is 0 Å². The SMILES string of the molecule is CCN1CCN(CC(C)CNC(=O)c2cnn(C3CCCC3)c2C)CC1. The first-order valence-corrected chi connectivity index (χ1v) is 10.4. The van der Waals surface area contributed by atoms with Crippen molar-refractivity contribution >= 4 is 5.91 Å². The predicted octanol–water partition coefficient (Wildman–Crippen LogP) is 2.31. The van der Waals surface area contributed by atoms with Crippen LogP contribution in [0.1, 0.15) is 61.6 Å². The topological polar surface area (TPSA) is 53.4 Å². The Morgan fingerprint density at radius 2 is 1.88 bits per heavy atom. The van der Waals surface area contributed by atoms with Crippen LogP contribution in [0.5, 0.6) is 0 Å². The maximum atomic E-state index is 12.6. The highest BCUT2D eigenvalue weighted by atomic mass is 16.1. The van der Waals surface area contributed by atoms with E-state index in [1.165, 1.54) is 25.7 Å². The van der Waals surface area contributed by atoms with E-state index in [0.717, 1.165) is 57.1 Å². The molecule has 1 amide bonds. The number of nitrogens with zero attached hydrogens (tertiary/aromatic N) is 4. The van der Waals surface area contributed by atoms with E-state index in [0.29, 0.717) is 12.0 Å². The van der Waals surface area contributed by atoms with Gasteiger partial charge in [0.05, 0.1) is 17.8 Å². The van der Waals surface area contributed by atoms with Crippen molar-refractivity contribution in [1.29, 1.82) is 0 Å². The van der Waals surface area contributed by atoms with Crippen LogP contribution >= 0.6 is 0 Å². The van der Waals surface area contributed by atoms with Gasteiger partial charge in [-0.1, -0.05) is 26.7 Å². The molecule has 1 unspecified atom stereocenters. The first kappa shape index (κ1) is 19.4. The third kappa shape index (κ3) is 4.65. The maximum absolute atomic E-state index is 12.6. The lowest BCUT2D eigenvalue weighted by Gasteiger charge is -2.35. The minimum absolute atomic E-state index is 0.0226. The van der Waals surface area contributed by atoms with Crippen LogP contribution in [0.25, 0.3) is 0 Å². The fourth-order valence-electron chi connectivity index (χ4n) is 4.32. The van der Waals surface area contributed by atoms with Crippen molar-refractivity contribution in [1.82, 2.24) is 24.9 Å². The molecule has 0 radical (unpaired) electrons. The summed E-state index contributed by atoms with van der Waals surface area (Å²) in [5.41, 5.74) is 1.75. The van der Waals surface area contributed by atoms with Gasteiger partial charge in [-0.2, -0.15) is 5.10 Å². The number of carbonyl (C=O) groups is 1. The average molecular weight is 362 g/mol. The van der Waals surface area contributed by atoms with Gasteiger partial charge in [0.2, 0.25) is 0 Å². The number of nitrogens with one attached hydrogen (secondary N) is 1. The Hall–Kier alpha value is -1.40. The third-order valence-electron chi connectivity index (χ3n) is 6.05. The van der Waals surface area contributed by atoms with Crippen molar-refractivity contribution in [3.8, 4) is 0 Å². The number of amides is 1. The summed E-state index contributed by atoms with van der Waals surface area (Å²) in [6.45, 7) is 14.0. The second kappa shape index (κ2) is 9.00. The monoisotopic (exact) mass is 361 g/mol. The lowest BCUT2D eigenvalue weighted by molar-refractivity contribution is 0.0933. The normalized spacial score (nSPS) is 21.2. The summed E-state index contributed by atoms with van der Waals surface area (Å²) in [7, 11) is 0. The molecule has 2 aliphatic rings. The molecule has 2 fully saturated rings. The van der Waals surface area contributed by atoms with E-state index >= 15 is 0 Å². The van der Waals surface area contributed by atoms with Crippen molar-refractivity contribution in [3.63, 3.8) is 0 Å². The smallest absolute Gasteiger partial charge is 0.254 e. The Balaban J connectivity index is 1.45. The Morgan fingerprint density at radius 1 is 1.23 bits per heavy atom. The van der Waals surface area contributed by atoms with Gasteiger partial charge in [-0.25, -0.2) is 0 Å². The molecular weight excluding hydrogens is 326 g/mol. The van der Waals surface area contributed by atoms with Crippen molar-refractivity contribution in [2.45, 2.75) is 52.5 Å². The zero-order chi connectivity index (χ0) is 18.5. The Morgan fingerprint density at radius 3 is 2.54 bits per heavy atom. The van der Waals surface area contributed by atoms with Gasteiger partial charge in [-0.3, -0.25) is 9.48 Å². The van der Waals surface area contributed by atoms with E-state index in [9.17, 15) is 4.79 Å². The molecule has 1 aromatic heterocycles. The highest BCUT2D eigenvalue weighted by Crippen LogP contribution is 2.30. The Bertz CT molecular complexity index is 585. The van der Waals surface area contributed by atoms with Crippen LogP contribution < -0.4 is 5.32 Å². The van der Waals surface area contributed by atoms with Gasteiger partial charge in [0, 0.05) is 45.0 Å². The van der Waals surface area contributed by atoms with Gasteiger partial charge in [0.1, 0.15) is 0 Å². The lowest BCUT2D eigenvalue weighted by Crippen LogP contribution is -2.48. The predicted molar refractivity (Wildman–Crippen MR) is 105 cm³/mol. The standard InChI is InChI=1S/C20H35N5O/c1-4-23-9-11-24(12-10-23)15-16(2)13-21-20(26)19-14-22-25(17(19)3)18-7-5-6-8-18/h14,16,18H,4-13,15H2,1-3H3,(H,21,26). The molecular formula is C20H35N5O. The highest BCUT2D eigenvalue weighted by Gasteiger charge is 2.23. The van der Waals surface area contributed by atoms with E-state index < -0.39 is 0 Å². The molecule has 0 aromatic carbocycles. The fraction of sp³-hybridized carbons (Fsp3) is 0.800. The van der Waals surface area contributed by atoms with Crippen LogP contribution in [-0.2, 0) is 0 Å². The quantitative estimate of drug-likeness (QED) is 0.810. The molecule has 1 saturated heterocycles. The number of likely N-dealkylation sites (N-methyl/N-ethyl adjacent to an activating group) is 1. The van der Waals surface area contributed by atoms with Crippen molar-refractivity contribution in [2.24, 2.45) is 5.92 Å². The van der Waals surface area contributed by atoms with E-state index in [4.69, 9.17) is 0 Å². The van der Waals surface area contributed by atoms with Crippen LogP contribution in [-0.4, -0.2) is 71.3 Å². The number of rotatable bonds is 7. The average Bonchev–Trinajstić information content (AvgIpc) is 3.30. The van der Waals surface area contributed by atoms with Gasteiger partial charge in [0.15, 0.2) is 0 Å². The van der Waals surface area contributed by atoms with E-state index in [1.807, 2.05) is 6.92 Å². The van der Waals surface area contributed by atoms with Gasteiger partial charge in [-0.05, 0) is 32.2 Å². The Kier molecular flexibility index (Phi) is 6.70. The summed E-state index contributed by atoms with van der Waals surface area (Å²) < 4.78 is 2.07. The number of aromatic nitrogens is 2. The molecule has 1 aromatic rings. The van der Waals surface area contributed by atoms with Crippen LogP contribution in [0.2, 0.25) is 0 Å². The van der Waals surface area contributed by atoms with Crippen molar-refractivity contribution in [2.75, 3.05) is 45.8 Å². The number of piperazine rings is 1. The molecule has 2 heterocycles. The zero-order valence-electron chi connectivity index (χ0n) is 16.7. The minimum Gasteiger partial charge on any atom is -0.352 e. The molecule has 6 nitrogen and oxygen atoms in total. The van der Waals surface area contributed by atoms with Crippen molar-refractivity contribution in [3.05, 3.63) is 17.5 Å². The first-order chi connectivity index (χ1) is 12.6. The summed E-state index contributed by atoms with van der Waals surface area (Å²) in [6.07, 6.45) is 6.67. The molecule has 0 bridgehead atoms. The van der Waals surface area contributed by atoms with Gasteiger partial charge < -0.3 is 15.1 Å². The van der Waals surface area contributed by atoms with Crippen molar-refractivity contribution < 1.29 is 4.79 Å². The number of hydrogen-bond acceptors (Lipinski definition) is 4. The Labute approximate surface area is 157 Å². The molecule has 1 N–H and O–H groups in total. The molecule has 26 heavy (non-hydrogen) atoms. The molecule has 0 spiro atoms. The van der Waals surface area contributed by atoms with Crippen LogP contribution in [0.15, 0.2) is 6.20 Å². The summed E-state index contributed by atoms with van der Waals surface area (Å²) >= 11 is 0. The summed E-state index contributed by atoms with van der Waals surface area (Å²) in [5, 5.41) is 7.62. The highest BCUT2D eigenvalue weighted by molar-refractivity contribution is 5.95. The van der Waals surface area contributed by atoms with E-state index in [2.05, 4.69) is 38.7 Å². The van der Waals surface area contributed by atoms with E-state index in [1.54, 1.807) is 6.20 Å². The minimum atomic E-state index is 0.0226. The summed E-state index contributed by atoms with van der Waals surface area (Å²) in [5.74, 6) is 0.478. The van der Waals surface area contributed by atoms with Crippen LogP contribution in [0.4, 0.5) is 0 Å².